The maximum Gasteiger partial charge on any atom is 0.253 e. The number of likely N-dealkylation sites (tertiary alicyclic amines) is 1. The van der Waals surface area contributed by atoms with Crippen molar-refractivity contribution in [2.75, 3.05) is 19.6 Å². The predicted molar refractivity (Wildman–Crippen MR) is 78.5 cm³/mol. The number of piperidine rings is 1. The first-order valence-corrected chi connectivity index (χ1v) is 7.25. The molecule has 0 unspecified atom stereocenters. The van der Waals surface area contributed by atoms with Crippen molar-refractivity contribution in [2.45, 2.75) is 26.7 Å². The average molecular weight is 274 g/mol. The summed E-state index contributed by atoms with van der Waals surface area (Å²) in [5.41, 5.74) is 1.83. The first-order chi connectivity index (χ1) is 9.61. The molecule has 1 aromatic carbocycles. The molecule has 108 valence electrons. The third-order valence-corrected chi connectivity index (χ3v) is 3.77. The van der Waals surface area contributed by atoms with E-state index in [0.717, 1.165) is 24.0 Å². The number of hydrogen-bond acceptors (Lipinski definition) is 2. The van der Waals surface area contributed by atoms with E-state index in [1.54, 1.807) is 0 Å². The van der Waals surface area contributed by atoms with E-state index in [2.05, 4.69) is 5.32 Å². The zero-order valence-electron chi connectivity index (χ0n) is 12.2. The molecule has 0 radical (unpaired) electrons. The van der Waals surface area contributed by atoms with Crippen molar-refractivity contribution in [3.63, 3.8) is 0 Å². The van der Waals surface area contributed by atoms with Crippen molar-refractivity contribution in [3.05, 3.63) is 35.4 Å². The number of carbonyl (C=O) groups is 2. The maximum atomic E-state index is 12.4. The molecule has 1 aliphatic rings. The van der Waals surface area contributed by atoms with Gasteiger partial charge in [0.25, 0.3) is 5.91 Å². The number of amides is 2. The van der Waals surface area contributed by atoms with Gasteiger partial charge in [0.1, 0.15) is 0 Å². The van der Waals surface area contributed by atoms with Crippen LogP contribution in [0.2, 0.25) is 0 Å². The third kappa shape index (κ3) is 3.38. The lowest BCUT2D eigenvalue weighted by molar-refractivity contribution is -0.126. The highest BCUT2D eigenvalue weighted by molar-refractivity contribution is 5.94. The van der Waals surface area contributed by atoms with E-state index in [0.29, 0.717) is 19.6 Å². The first kappa shape index (κ1) is 14.6. The molecule has 2 amide bonds. The fraction of sp³-hybridized carbons (Fsp3) is 0.500. The number of nitrogens with zero attached hydrogens (tertiary/aromatic N) is 1. The van der Waals surface area contributed by atoms with Crippen LogP contribution in [0.4, 0.5) is 0 Å². The van der Waals surface area contributed by atoms with Crippen molar-refractivity contribution in [1.29, 1.82) is 0 Å². The summed E-state index contributed by atoms with van der Waals surface area (Å²) in [6.07, 6.45) is 1.51. The van der Waals surface area contributed by atoms with Crippen LogP contribution in [0.3, 0.4) is 0 Å². The van der Waals surface area contributed by atoms with E-state index in [-0.39, 0.29) is 17.7 Å². The third-order valence-electron chi connectivity index (χ3n) is 3.77. The van der Waals surface area contributed by atoms with Crippen LogP contribution >= 0.6 is 0 Å². The molecule has 4 nitrogen and oxygen atoms in total. The highest BCUT2D eigenvalue weighted by atomic mass is 16.2. The Kier molecular flexibility index (Phi) is 4.77. The lowest BCUT2D eigenvalue weighted by Crippen LogP contribution is -2.43. The number of hydrogen-bond donors (Lipinski definition) is 1. The minimum Gasteiger partial charge on any atom is -0.356 e. The zero-order chi connectivity index (χ0) is 14.5. The number of rotatable bonds is 3. The maximum absolute atomic E-state index is 12.4. The molecule has 1 N–H and O–H groups in total. The molecule has 0 bridgehead atoms. The SMILES string of the molecule is CCNC(=O)C1CCN(C(=O)c2cccc(C)c2)CC1. The number of carbonyl (C=O) groups excluding carboxylic acids is 2. The Bertz CT molecular complexity index is 491. The minimum atomic E-state index is 0.0523. The van der Waals surface area contributed by atoms with E-state index in [1.807, 2.05) is 43.0 Å². The number of nitrogens with one attached hydrogen (secondary N) is 1. The van der Waals surface area contributed by atoms with Gasteiger partial charge in [0.15, 0.2) is 0 Å². The summed E-state index contributed by atoms with van der Waals surface area (Å²) >= 11 is 0. The van der Waals surface area contributed by atoms with Crippen molar-refractivity contribution < 1.29 is 9.59 Å². The van der Waals surface area contributed by atoms with Gasteiger partial charge in [-0.3, -0.25) is 9.59 Å². The lowest BCUT2D eigenvalue weighted by atomic mass is 9.95. The normalized spacial score (nSPS) is 16.0. The van der Waals surface area contributed by atoms with Crippen molar-refractivity contribution in [3.8, 4) is 0 Å². The highest BCUT2D eigenvalue weighted by Crippen LogP contribution is 2.19. The summed E-state index contributed by atoms with van der Waals surface area (Å²) < 4.78 is 0. The fourth-order valence-corrected chi connectivity index (χ4v) is 2.62. The Morgan fingerprint density at radius 1 is 1.30 bits per heavy atom. The van der Waals surface area contributed by atoms with Gasteiger partial charge < -0.3 is 10.2 Å². The Hall–Kier alpha value is -1.84. The van der Waals surface area contributed by atoms with Crippen LogP contribution in [0.5, 0.6) is 0 Å². The topological polar surface area (TPSA) is 49.4 Å². The molecule has 1 fully saturated rings. The molecule has 1 heterocycles. The van der Waals surface area contributed by atoms with Crippen LogP contribution in [0.1, 0.15) is 35.7 Å². The van der Waals surface area contributed by atoms with Gasteiger partial charge in [-0.15, -0.1) is 0 Å². The molecular formula is C16H22N2O2. The quantitative estimate of drug-likeness (QED) is 0.916. The van der Waals surface area contributed by atoms with Crippen LogP contribution in [-0.4, -0.2) is 36.3 Å². The molecule has 1 saturated heterocycles. The summed E-state index contributed by atoms with van der Waals surface area (Å²) in [6.45, 7) is 5.90. The van der Waals surface area contributed by atoms with Gasteiger partial charge in [0.2, 0.25) is 5.91 Å². The van der Waals surface area contributed by atoms with Gasteiger partial charge in [-0.25, -0.2) is 0 Å². The van der Waals surface area contributed by atoms with E-state index >= 15 is 0 Å². The molecule has 1 aromatic rings. The first-order valence-electron chi connectivity index (χ1n) is 7.25. The summed E-state index contributed by atoms with van der Waals surface area (Å²) in [5, 5.41) is 2.86. The average Bonchev–Trinajstić information content (AvgIpc) is 2.47. The van der Waals surface area contributed by atoms with E-state index in [4.69, 9.17) is 0 Å². The van der Waals surface area contributed by atoms with Crippen LogP contribution in [0.25, 0.3) is 0 Å². The van der Waals surface area contributed by atoms with Gasteiger partial charge in [-0.2, -0.15) is 0 Å². The smallest absolute Gasteiger partial charge is 0.253 e. The van der Waals surface area contributed by atoms with Gasteiger partial charge in [-0.05, 0) is 38.8 Å². The molecular weight excluding hydrogens is 252 g/mol. The predicted octanol–water partition coefficient (Wildman–Crippen LogP) is 1.98. The van der Waals surface area contributed by atoms with Gasteiger partial charge in [0.05, 0.1) is 0 Å². The van der Waals surface area contributed by atoms with E-state index in [1.165, 1.54) is 0 Å². The molecule has 4 heteroatoms. The molecule has 0 aliphatic carbocycles. The molecule has 1 aliphatic heterocycles. The van der Waals surface area contributed by atoms with Crippen LogP contribution in [0, 0.1) is 12.8 Å². The standard InChI is InChI=1S/C16H22N2O2/c1-3-17-15(19)13-7-9-18(10-8-13)16(20)14-6-4-5-12(2)11-14/h4-6,11,13H,3,7-10H2,1-2H3,(H,17,19). The second-order valence-corrected chi connectivity index (χ2v) is 5.33. The van der Waals surface area contributed by atoms with E-state index < -0.39 is 0 Å². The van der Waals surface area contributed by atoms with Crippen LogP contribution in [0.15, 0.2) is 24.3 Å². The van der Waals surface area contributed by atoms with Crippen LogP contribution < -0.4 is 5.32 Å². The molecule has 0 aromatic heterocycles. The summed E-state index contributed by atoms with van der Waals surface area (Å²) in [5.74, 6) is 0.245. The fourth-order valence-electron chi connectivity index (χ4n) is 2.62. The van der Waals surface area contributed by atoms with Gasteiger partial charge >= 0.3 is 0 Å². The van der Waals surface area contributed by atoms with Crippen molar-refractivity contribution in [1.82, 2.24) is 10.2 Å². The zero-order valence-corrected chi connectivity index (χ0v) is 12.2. The molecule has 0 spiro atoms. The van der Waals surface area contributed by atoms with Gasteiger partial charge in [-0.1, -0.05) is 17.7 Å². The van der Waals surface area contributed by atoms with Crippen molar-refractivity contribution >= 4 is 11.8 Å². The summed E-state index contributed by atoms with van der Waals surface area (Å²) in [7, 11) is 0. The molecule has 20 heavy (non-hydrogen) atoms. The van der Waals surface area contributed by atoms with Crippen LogP contribution in [-0.2, 0) is 4.79 Å². The molecule has 0 atom stereocenters. The monoisotopic (exact) mass is 274 g/mol. The highest BCUT2D eigenvalue weighted by Gasteiger charge is 2.27. The van der Waals surface area contributed by atoms with Crippen molar-refractivity contribution in [2.24, 2.45) is 5.92 Å². The lowest BCUT2D eigenvalue weighted by Gasteiger charge is -2.31. The summed E-state index contributed by atoms with van der Waals surface area (Å²) in [4.78, 5) is 26.0. The van der Waals surface area contributed by atoms with E-state index in [9.17, 15) is 9.59 Å². The second-order valence-electron chi connectivity index (χ2n) is 5.33. The molecule has 2 rings (SSSR count). The number of benzene rings is 1. The number of aryl methyl sites for hydroxylation is 1. The Labute approximate surface area is 120 Å². The Balaban J connectivity index is 1.93. The summed E-state index contributed by atoms with van der Waals surface area (Å²) in [6, 6.07) is 7.66. The largest absolute Gasteiger partial charge is 0.356 e. The Morgan fingerprint density at radius 2 is 2.00 bits per heavy atom. The second kappa shape index (κ2) is 6.55. The van der Waals surface area contributed by atoms with Gasteiger partial charge in [0, 0.05) is 31.1 Å². The Morgan fingerprint density at radius 3 is 2.60 bits per heavy atom. The minimum absolute atomic E-state index is 0.0523. The molecule has 0 saturated carbocycles.